The van der Waals surface area contributed by atoms with Gasteiger partial charge in [0.15, 0.2) is 5.58 Å². The molecule has 1 fully saturated rings. The number of amides is 1. The van der Waals surface area contributed by atoms with Crippen LogP contribution in [-0.2, 0) is 13.0 Å². The number of nitrogens with zero attached hydrogens (tertiary/aromatic N) is 2. The number of likely N-dealkylation sites (tertiary alicyclic amines) is 1. The Bertz CT molecular complexity index is 963. The number of hydrogen-bond donors (Lipinski definition) is 2. The monoisotopic (exact) mass is 445 g/mol. The molecule has 7 nitrogen and oxygen atoms in total. The number of rotatable bonds is 6. The molecule has 3 aromatic rings. The number of nitrogens with one attached hydrogen (secondary N) is 1. The van der Waals surface area contributed by atoms with Crippen molar-refractivity contribution in [2.24, 2.45) is 5.92 Å². The van der Waals surface area contributed by atoms with E-state index in [1.807, 2.05) is 44.6 Å². The van der Waals surface area contributed by atoms with Crippen LogP contribution in [0.15, 0.2) is 34.2 Å². The molecule has 2 aromatic heterocycles. The van der Waals surface area contributed by atoms with Gasteiger partial charge in [0.2, 0.25) is 0 Å². The van der Waals surface area contributed by atoms with Crippen molar-refractivity contribution >= 4 is 28.4 Å². The fourth-order valence-corrected chi connectivity index (χ4v) is 4.42. The Morgan fingerprint density at radius 3 is 2.71 bits per heavy atom. The summed E-state index contributed by atoms with van der Waals surface area (Å²) in [6.07, 6.45) is 2.88. The van der Waals surface area contributed by atoms with Crippen molar-refractivity contribution in [1.29, 1.82) is 0 Å². The quantitative estimate of drug-likeness (QED) is 0.559. The SMILES string of the molecule is CNC.Cc1c(OCc2cccs2)ccc2c(CCC3CCN(C(=O)O)CC3)noc12. The van der Waals surface area contributed by atoms with E-state index in [4.69, 9.17) is 14.4 Å². The van der Waals surface area contributed by atoms with Crippen LogP contribution in [0.4, 0.5) is 4.79 Å². The van der Waals surface area contributed by atoms with Gasteiger partial charge in [0.05, 0.1) is 5.69 Å². The molecule has 1 saturated heterocycles. The van der Waals surface area contributed by atoms with E-state index in [1.165, 1.54) is 9.78 Å². The number of carbonyl (C=O) groups is 1. The lowest BCUT2D eigenvalue weighted by molar-refractivity contribution is 0.123. The van der Waals surface area contributed by atoms with Crippen LogP contribution in [0.3, 0.4) is 0 Å². The van der Waals surface area contributed by atoms with Crippen LogP contribution in [0.1, 0.15) is 35.4 Å². The number of aromatic nitrogens is 1. The molecule has 0 spiro atoms. The Kier molecular flexibility index (Phi) is 8.31. The summed E-state index contributed by atoms with van der Waals surface area (Å²) in [5.41, 5.74) is 2.74. The first-order valence-electron chi connectivity index (χ1n) is 10.6. The molecule has 0 radical (unpaired) electrons. The van der Waals surface area contributed by atoms with Crippen LogP contribution >= 0.6 is 11.3 Å². The highest BCUT2D eigenvalue weighted by atomic mass is 32.1. The van der Waals surface area contributed by atoms with Gasteiger partial charge >= 0.3 is 6.09 Å². The largest absolute Gasteiger partial charge is 0.488 e. The first kappa shape index (κ1) is 23.1. The van der Waals surface area contributed by atoms with Crippen LogP contribution < -0.4 is 10.1 Å². The van der Waals surface area contributed by atoms with Gasteiger partial charge in [-0.1, -0.05) is 11.2 Å². The fraction of sp³-hybridized carbons (Fsp3) is 0.478. The lowest BCUT2D eigenvalue weighted by Gasteiger charge is -2.29. The number of carboxylic acid groups (broad SMARTS) is 1. The van der Waals surface area contributed by atoms with Crippen LogP contribution in [0.5, 0.6) is 5.75 Å². The van der Waals surface area contributed by atoms with Gasteiger partial charge in [0.1, 0.15) is 12.4 Å². The van der Waals surface area contributed by atoms with Gasteiger partial charge in [0, 0.05) is 28.9 Å². The molecule has 1 amide bonds. The first-order chi connectivity index (χ1) is 15.0. The second kappa shape index (κ2) is 11.2. The third-order valence-corrected chi connectivity index (χ3v) is 6.39. The van der Waals surface area contributed by atoms with Crippen molar-refractivity contribution in [3.63, 3.8) is 0 Å². The number of hydrogen-bond acceptors (Lipinski definition) is 6. The van der Waals surface area contributed by atoms with Gasteiger partial charge in [-0.2, -0.15) is 0 Å². The maximum Gasteiger partial charge on any atom is 0.407 e. The number of ether oxygens (including phenoxy) is 1. The van der Waals surface area contributed by atoms with Crippen molar-refractivity contribution in [3.05, 3.63) is 45.8 Å². The van der Waals surface area contributed by atoms with Gasteiger partial charge in [-0.05, 0) is 76.2 Å². The molecule has 0 bridgehead atoms. The Morgan fingerprint density at radius 2 is 2.06 bits per heavy atom. The molecular weight excluding hydrogens is 414 g/mol. The summed E-state index contributed by atoms with van der Waals surface area (Å²) >= 11 is 1.68. The summed E-state index contributed by atoms with van der Waals surface area (Å²) < 4.78 is 11.6. The average molecular weight is 446 g/mol. The highest BCUT2D eigenvalue weighted by molar-refractivity contribution is 7.09. The molecule has 0 aliphatic carbocycles. The minimum absolute atomic E-state index is 0.539. The Labute approximate surface area is 187 Å². The number of thiophene rings is 1. The Morgan fingerprint density at radius 1 is 1.32 bits per heavy atom. The maximum absolute atomic E-state index is 11.0. The standard InChI is InChI=1S/C21H24N2O4S.C2H7N/c1-14-19(26-13-16-3-2-12-28-16)7-5-17-18(22-27-20(14)17)6-4-15-8-10-23(11-9-15)21(24)25;1-3-2/h2-3,5,7,12,15H,4,6,8-11,13H2,1H3,(H,24,25);3H,1-2H3. The number of aryl methyl sites for hydroxylation is 2. The molecule has 8 heteroatoms. The average Bonchev–Trinajstić information content (AvgIpc) is 3.43. The molecule has 4 rings (SSSR count). The molecule has 0 unspecified atom stereocenters. The second-order valence-corrected chi connectivity index (χ2v) is 8.85. The van der Waals surface area contributed by atoms with E-state index in [0.29, 0.717) is 25.6 Å². The van der Waals surface area contributed by atoms with Crippen molar-refractivity contribution in [3.8, 4) is 5.75 Å². The van der Waals surface area contributed by atoms with Crippen LogP contribution in [0.25, 0.3) is 11.0 Å². The van der Waals surface area contributed by atoms with Gasteiger partial charge in [-0.25, -0.2) is 4.79 Å². The van der Waals surface area contributed by atoms with Crippen LogP contribution in [-0.4, -0.2) is 48.4 Å². The molecule has 0 saturated carbocycles. The Hall–Kier alpha value is -2.58. The van der Waals surface area contributed by atoms with E-state index >= 15 is 0 Å². The number of benzene rings is 1. The van der Waals surface area contributed by atoms with E-state index in [9.17, 15) is 4.79 Å². The predicted molar refractivity (Wildman–Crippen MR) is 123 cm³/mol. The molecule has 1 aliphatic rings. The summed E-state index contributed by atoms with van der Waals surface area (Å²) in [5, 5.41) is 19.2. The maximum atomic E-state index is 11.0. The van der Waals surface area contributed by atoms with Crippen molar-refractivity contribution < 1.29 is 19.2 Å². The highest BCUT2D eigenvalue weighted by Crippen LogP contribution is 2.31. The molecule has 1 aromatic carbocycles. The third kappa shape index (κ3) is 5.98. The van der Waals surface area contributed by atoms with Crippen LogP contribution in [0.2, 0.25) is 0 Å². The third-order valence-electron chi connectivity index (χ3n) is 5.54. The predicted octanol–water partition coefficient (Wildman–Crippen LogP) is 4.93. The summed E-state index contributed by atoms with van der Waals surface area (Å²) in [6.45, 7) is 3.82. The minimum atomic E-state index is -0.812. The zero-order chi connectivity index (χ0) is 22.2. The summed E-state index contributed by atoms with van der Waals surface area (Å²) in [4.78, 5) is 13.7. The second-order valence-electron chi connectivity index (χ2n) is 7.81. The smallest absolute Gasteiger partial charge is 0.407 e. The summed E-state index contributed by atoms with van der Waals surface area (Å²) in [5.74, 6) is 1.36. The fourth-order valence-electron chi connectivity index (χ4n) is 3.80. The summed E-state index contributed by atoms with van der Waals surface area (Å²) in [7, 11) is 3.75. The lowest BCUT2D eigenvalue weighted by atomic mass is 9.91. The van der Waals surface area contributed by atoms with Gasteiger partial charge < -0.3 is 24.6 Å². The zero-order valence-corrected chi connectivity index (χ0v) is 19.2. The summed E-state index contributed by atoms with van der Waals surface area (Å²) in [6, 6.07) is 8.11. The topological polar surface area (TPSA) is 87.8 Å². The molecule has 2 N–H and O–H groups in total. The van der Waals surface area contributed by atoms with E-state index in [-0.39, 0.29) is 0 Å². The molecule has 1 aliphatic heterocycles. The lowest BCUT2D eigenvalue weighted by Crippen LogP contribution is -2.37. The molecule has 31 heavy (non-hydrogen) atoms. The van der Waals surface area contributed by atoms with Gasteiger partial charge in [0.25, 0.3) is 0 Å². The number of piperidine rings is 1. The molecule has 3 heterocycles. The van der Waals surface area contributed by atoms with Crippen molar-refractivity contribution in [2.45, 2.75) is 39.2 Å². The minimum Gasteiger partial charge on any atom is -0.488 e. The normalized spacial score (nSPS) is 14.4. The van der Waals surface area contributed by atoms with Crippen molar-refractivity contribution in [1.82, 2.24) is 15.4 Å². The van der Waals surface area contributed by atoms with Gasteiger partial charge in [-0.3, -0.25) is 0 Å². The number of fused-ring (bicyclic) bond motifs is 1. The van der Waals surface area contributed by atoms with E-state index in [0.717, 1.165) is 53.7 Å². The molecule has 168 valence electrons. The van der Waals surface area contributed by atoms with E-state index < -0.39 is 6.09 Å². The Balaban J connectivity index is 0.000000858. The van der Waals surface area contributed by atoms with Crippen LogP contribution in [0, 0.1) is 12.8 Å². The molecular formula is C23H31N3O4S. The molecule has 0 atom stereocenters. The van der Waals surface area contributed by atoms with E-state index in [1.54, 1.807) is 11.3 Å². The highest BCUT2D eigenvalue weighted by Gasteiger charge is 2.23. The first-order valence-corrected chi connectivity index (χ1v) is 11.5. The zero-order valence-electron chi connectivity index (χ0n) is 18.4. The van der Waals surface area contributed by atoms with E-state index in [2.05, 4.69) is 16.5 Å². The van der Waals surface area contributed by atoms with Crippen molar-refractivity contribution in [2.75, 3.05) is 27.2 Å². The van der Waals surface area contributed by atoms with Gasteiger partial charge in [-0.15, -0.1) is 11.3 Å².